The smallest absolute Gasteiger partial charge is 0.213 e. The summed E-state index contributed by atoms with van der Waals surface area (Å²) in [6, 6.07) is 4.59. The number of sulfonamides is 1. The van der Waals surface area contributed by atoms with Crippen molar-refractivity contribution in [1.29, 1.82) is 0 Å². The van der Waals surface area contributed by atoms with Gasteiger partial charge >= 0.3 is 0 Å². The molecule has 1 unspecified atom stereocenters. The molecule has 1 atom stereocenters. The molecule has 1 fully saturated rings. The van der Waals surface area contributed by atoms with Gasteiger partial charge in [0.05, 0.1) is 5.75 Å². The fourth-order valence-corrected chi connectivity index (χ4v) is 4.16. The minimum Gasteiger partial charge on any atom is -0.293 e. The SMILES string of the molecule is CCS(=O)(=O)N1CCN(C(C)c2cccs2)CC1. The van der Waals surface area contributed by atoms with E-state index >= 15 is 0 Å². The second-order valence-electron chi connectivity index (χ2n) is 4.53. The molecule has 1 aliphatic heterocycles. The fourth-order valence-electron chi connectivity index (χ4n) is 2.26. The molecule has 0 spiro atoms. The van der Waals surface area contributed by atoms with Gasteiger partial charge in [-0.2, -0.15) is 4.31 Å². The van der Waals surface area contributed by atoms with E-state index < -0.39 is 10.0 Å². The Hall–Kier alpha value is -0.430. The zero-order valence-electron chi connectivity index (χ0n) is 10.9. The average Bonchev–Trinajstić information content (AvgIpc) is 2.92. The monoisotopic (exact) mass is 288 g/mol. The highest BCUT2D eigenvalue weighted by atomic mass is 32.2. The first-order chi connectivity index (χ1) is 8.54. The number of thiophene rings is 1. The Kier molecular flexibility index (Phi) is 4.42. The van der Waals surface area contributed by atoms with Gasteiger partial charge < -0.3 is 0 Å². The van der Waals surface area contributed by atoms with Crippen LogP contribution in [0.25, 0.3) is 0 Å². The highest BCUT2D eigenvalue weighted by Crippen LogP contribution is 2.25. The van der Waals surface area contributed by atoms with E-state index in [1.807, 2.05) is 0 Å². The minimum atomic E-state index is -3.01. The molecule has 2 heterocycles. The van der Waals surface area contributed by atoms with Crippen LogP contribution < -0.4 is 0 Å². The van der Waals surface area contributed by atoms with Crippen molar-refractivity contribution in [2.45, 2.75) is 19.9 Å². The van der Waals surface area contributed by atoms with Gasteiger partial charge in [0.25, 0.3) is 0 Å². The highest BCUT2D eigenvalue weighted by Gasteiger charge is 2.27. The molecule has 0 aliphatic carbocycles. The van der Waals surface area contributed by atoms with Crippen LogP contribution in [-0.2, 0) is 10.0 Å². The van der Waals surface area contributed by atoms with E-state index in [0.29, 0.717) is 19.1 Å². The van der Waals surface area contributed by atoms with Gasteiger partial charge in [-0.05, 0) is 25.3 Å². The van der Waals surface area contributed by atoms with Crippen molar-refractivity contribution in [3.05, 3.63) is 22.4 Å². The Balaban J connectivity index is 1.95. The third-order valence-electron chi connectivity index (χ3n) is 3.53. The Morgan fingerprint density at radius 2 is 2.00 bits per heavy atom. The van der Waals surface area contributed by atoms with Crippen molar-refractivity contribution >= 4 is 21.4 Å². The molecule has 0 radical (unpaired) electrons. The van der Waals surface area contributed by atoms with Crippen LogP contribution >= 0.6 is 11.3 Å². The number of piperazine rings is 1. The third kappa shape index (κ3) is 2.93. The van der Waals surface area contributed by atoms with Crippen molar-refractivity contribution in [3.63, 3.8) is 0 Å². The predicted molar refractivity (Wildman–Crippen MR) is 75.3 cm³/mol. The van der Waals surface area contributed by atoms with Crippen LogP contribution in [0.1, 0.15) is 24.8 Å². The van der Waals surface area contributed by atoms with E-state index in [0.717, 1.165) is 13.1 Å². The van der Waals surface area contributed by atoms with Crippen LogP contribution in [0.5, 0.6) is 0 Å². The molecule has 0 N–H and O–H groups in total. The maximum absolute atomic E-state index is 11.8. The first-order valence-corrected chi connectivity index (χ1v) is 8.78. The minimum absolute atomic E-state index is 0.202. The highest BCUT2D eigenvalue weighted by molar-refractivity contribution is 7.89. The van der Waals surface area contributed by atoms with Gasteiger partial charge in [-0.1, -0.05) is 6.07 Å². The van der Waals surface area contributed by atoms with E-state index in [1.54, 1.807) is 22.6 Å². The molecule has 0 amide bonds. The second kappa shape index (κ2) is 5.69. The third-order valence-corrected chi connectivity index (χ3v) is 6.46. The maximum Gasteiger partial charge on any atom is 0.213 e. The fraction of sp³-hybridized carbons (Fsp3) is 0.667. The van der Waals surface area contributed by atoms with E-state index in [1.165, 1.54) is 4.88 Å². The van der Waals surface area contributed by atoms with Crippen molar-refractivity contribution in [2.75, 3.05) is 31.9 Å². The normalized spacial score (nSPS) is 21.0. The number of rotatable bonds is 4. The summed E-state index contributed by atoms with van der Waals surface area (Å²) in [4.78, 5) is 3.70. The lowest BCUT2D eigenvalue weighted by atomic mass is 10.2. The average molecular weight is 288 g/mol. The number of hydrogen-bond donors (Lipinski definition) is 0. The molecular weight excluding hydrogens is 268 g/mol. The molecule has 18 heavy (non-hydrogen) atoms. The number of hydrogen-bond acceptors (Lipinski definition) is 4. The zero-order valence-corrected chi connectivity index (χ0v) is 12.5. The lowest BCUT2D eigenvalue weighted by Gasteiger charge is -2.37. The van der Waals surface area contributed by atoms with Crippen LogP contribution in [0.2, 0.25) is 0 Å². The molecule has 0 aromatic carbocycles. The van der Waals surface area contributed by atoms with Crippen molar-refractivity contribution in [1.82, 2.24) is 9.21 Å². The second-order valence-corrected chi connectivity index (χ2v) is 7.76. The van der Waals surface area contributed by atoms with Crippen LogP contribution in [0.15, 0.2) is 17.5 Å². The zero-order chi connectivity index (χ0) is 13.2. The number of nitrogens with zero attached hydrogens (tertiary/aromatic N) is 2. The predicted octanol–water partition coefficient (Wildman–Crippen LogP) is 1.78. The molecule has 0 bridgehead atoms. The van der Waals surface area contributed by atoms with Crippen molar-refractivity contribution in [3.8, 4) is 0 Å². The summed E-state index contributed by atoms with van der Waals surface area (Å²) < 4.78 is 25.2. The Bertz CT molecular complexity index is 462. The molecule has 1 aromatic heterocycles. The first-order valence-electron chi connectivity index (χ1n) is 6.30. The van der Waals surface area contributed by atoms with Gasteiger partial charge in [-0.15, -0.1) is 11.3 Å². The Morgan fingerprint density at radius 3 is 2.50 bits per heavy atom. The quantitative estimate of drug-likeness (QED) is 0.848. The first kappa shape index (κ1) is 14.0. The van der Waals surface area contributed by atoms with Crippen LogP contribution in [0.4, 0.5) is 0 Å². The lowest BCUT2D eigenvalue weighted by Crippen LogP contribution is -2.49. The standard InChI is InChI=1S/C12H20N2O2S2/c1-3-18(15,16)14-8-6-13(7-9-14)11(2)12-5-4-10-17-12/h4-5,10-11H,3,6-9H2,1-2H3. The van der Waals surface area contributed by atoms with Gasteiger partial charge in [0.1, 0.15) is 0 Å². The summed E-state index contributed by atoms with van der Waals surface area (Å²) in [5.74, 6) is 0.202. The Morgan fingerprint density at radius 1 is 1.33 bits per heavy atom. The van der Waals surface area contributed by atoms with E-state index in [2.05, 4.69) is 29.3 Å². The van der Waals surface area contributed by atoms with E-state index in [-0.39, 0.29) is 5.75 Å². The van der Waals surface area contributed by atoms with Gasteiger partial charge in [0.2, 0.25) is 10.0 Å². The van der Waals surface area contributed by atoms with Crippen LogP contribution in [-0.4, -0.2) is 49.6 Å². The molecule has 1 saturated heterocycles. The maximum atomic E-state index is 11.8. The van der Waals surface area contributed by atoms with Crippen molar-refractivity contribution in [2.24, 2.45) is 0 Å². The summed E-state index contributed by atoms with van der Waals surface area (Å²) in [6.45, 7) is 6.76. The summed E-state index contributed by atoms with van der Waals surface area (Å²) >= 11 is 1.76. The lowest BCUT2D eigenvalue weighted by molar-refractivity contribution is 0.147. The van der Waals surface area contributed by atoms with Gasteiger partial charge in [0.15, 0.2) is 0 Å². The molecular formula is C12H20N2O2S2. The molecule has 1 aliphatic rings. The summed E-state index contributed by atoms with van der Waals surface area (Å²) in [7, 11) is -3.01. The van der Waals surface area contributed by atoms with Crippen molar-refractivity contribution < 1.29 is 8.42 Å². The molecule has 4 nitrogen and oxygen atoms in total. The molecule has 1 aromatic rings. The molecule has 0 saturated carbocycles. The molecule has 2 rings (SSSR count). The Labute approximate surface area is 113 Å². The van der Waals surface area contributed by atoms with Gasteiger partial charge in [0, 0.05) is 37.1 Å². The van der Waals surface area contributed by atoms with Crippen LogP contribution in [0.3, 0.4) is 0 Å². The largest absolute Gasteiger partial charge is 0.293 e. The van der Waals surface area contributed by atoms with E-state index in [9.17, 15) is 8.42 Å². The summed E-state index contributed by atoms with van der Waals surface area (Å²) in [6.07, 6.45) is 0. The molecule has 102 valence electrons. The summed E-state index contributed by atoms with van der Waals surface area (Å²) in [5.41, 5.74) is 0. The van der Waals surface area contributed by atoms with Crippen LogP contribution in [0, 0.1) is 0 Å². The topological polar surface area (TPSA) is 40.6 Å². The van der Waals surface area contributed by atoms with Gasteiger partial charge in [-0.25, -0.2) is 8.42 Å². The van der Waals surface area contributed by atoms with E-state index in [4.69, 9.17) is 0 Å². The van der Waals surface area contributed by atoms with Gasteiger partial charge in [-0.3, -0.25) is 4.90 Å². The summed E-state index contributed by atoms with van der Waals surface area (Å²) in [5, 5.41) is 2.09. The molecule has 6 heteroatoms.